The number of carbonyl (C=O) groups excluding carboxylic acids is 1. The molecule has 14 heavy (non-hydrogen) atoms. The Labute approximate surface area is 89.1 Å². The van der Waals surface area contributed by atoms with Crippen molar-refractivity contribution < 1.29 is 4.79 Å². The molecule has 0 radical (unpaired) electrons. The number of ketones is 1. The summed E-state index contributed by atoms with van der Waals surface area (Å²) < 4.78 is 0. The molecule has 0 unspecified atom stereocenters. The molecular weight excluding hydrogens is 196 g/mol. The maximum Gasteiger partial charge on any atom is 0.235 e. The smallest absolute Gasteiger partial charge is 0.235 e. The van der Waals surface area contributed by atoms with Gasteiger partial charge < -0.3 is 0 Å². The van der Waals surface area contributed by atoms with Crippen LogP contribution in [-0.2, 0) is 0 Å². The molecule has 0 heterocycles. The Morgan fingerprint density at radius 2 is 2.00 bits per heavy atom. The summed E-state index contributed by atoms with van der Waals surface area (Å²) in [6.07, 6.45) is 1.51. The molecule has 0 amide bonds. The zero-order chi connectivity index (χ0) is 10.2. The largest absolute Gasteiger partial charge is 0.279 e. The van der Waals surface area contributed by atoms with Crippen LogP contribution < -0.4 is 0 Å². The Kier molecular flexibility index (Phi) is 4.82. The topological polar surface area (TPSA) is 17.1 Å². The maximum absolute atomic E-state index is 11.4. The van der Waals surface area contributed by atoms with Crippen molar-refractivity contribution in [1.29, 1.82) is 0 Å². The molecule has 72 valence electrons. The van der Waals surface area contributed by atoms with E-state index in [1.165, 1.54) is 0 Å². The summed E-state index contributed by atoms with van der Waals surface area (Å²) in [6, 6.07) is 9.05. The number of rotatable bonds is 3. The molecule has 0 saturated heterocycles. The molecular formula is C12H11ClO. The highest BCUT2D eigenvalue weighted by atomic mass is 35.5. The van der Waals surface area contributed by atoms with Crippen molar-refractivity contribution in [2.45, 2.75) is 12.8 Å². The van der Waals surface area contributed by atoms with Gasteiger partial charge in [0.15, 0.2) is 0 Å². The molecule has 0 fully saturated rings. The first-order valence-corrected chi connectivity index (χ1v) is 5.02. The van der Waals surface area contributed by atoms with Gasteiger partial charge in [0.05, 0.1) is 0 Å². The third-order valence-corrected chi connectivity index (χ3v) is 1.94. The number of carbonyl (C=O) groups is 1. The second-order valence-corrected chi connectivity index (χ2v) is 3.17. The number of hydrogen-bond donors (Lipinski definition) is 0. The molecule has 1 aromatic rings. The molecule has 0 N–H and O–H groups in total. The number of halogens is 1. The second-order valence-electron chi connectivity index (χ2n) is 2.79. The van der Waals surface area contributed by atoms with Crippen molar-refractivity contribution in [1.82, 2.24) is 0 Å². The van der Waals surface area contributed by atoms with E-state index in [0.717, 1.165) is 6.42 Å². The molecule has 1 rings (SSSR count). The highest BCUT2D eigenvalue weighted by Crippen LogP contribution is 1.98. The Balaban J connectivity index is 2.53. The van der Waals surface area contributed by atoms with Crippen LogP contribution in [-0.4, -0.2) is 11.7 Å². The molecule has 0 bridgehead atoms. The Hall–Kier alpha value is -1.26. The van der Waals surface area contributed by atoms with Crippen LogP contribution in [0.5, 0.6) is 0 Å². The quantitative estimate of drug-likeness (QED) is 0.244. The first-order chi connectivity index (χ1) is 6.84. The molecule has 0 aromatic heterocycles. The number of unbranched alkanes of at least 4 members (excludes halogenated alkanes) is 1. The SMILES string of the molecule is O=C(C#CCCCCl)c1ccccc1. The van der Waals surface area contributed by atoms with Crippen molar-refractivity contribution in [3.63, 3.8) is 0 Å². The van der Waals surface area contributed by atoms with Gasteiger partial charge in [-0.3, -0.25) is 4.79 Å². The first kappa shape index (κ1) is 10.8. The minimum absolute atomic E-state index is 0.125. The third kappa shape index (κ3) is 3.64. The lowest BCUT2D eigenvalue weighted by molar-refractivity contribution is 0.105. The average molecular weight is 207 g/mol. The summed E-state index contributed by atoms with van der Waals surface area (Å²) in [7, 11) is 0. The van der Waals surface area contributed by atoms with Crippen molar-refractivity contribution in [3.05, 3.63) is 35.9 Å². The second kappa shape index (κ2) is 6.23. The fraction of sp³-hybridized carbons (Fsp3) is 0.250. The van der Waals surface area contributed by atoms with E-state index in [0.29, 0.717) is 17.9 Å². The van der Waals surface area contributed by atoms with Gasteiger partial charge in [-0.25, -0.2) is 0 Å². The Bertz CT molecular complexity index is 346. The van der Waals surface area contributed by atoms with E-state index in [9.17, 15) is 4.79 Å². The van der Waals surface area contributed by atoms with E-state index in [1.54, 1.807) is 12.1 Å². The molecule has 2 heteroatoms. The van der Waals surface area contributed by atoms with Crippen LogP contribution in [0.1, 0.15) is 23.2 Å². The molecule has 0 saturated carbocycles. The van der Waals surface area contributed by atoms with E-state index in [4.69, 9.17) is 11.6 Å². The van der Waals surface area contributed by atoms with E-state index in [-0.39, 0.29) is 5.78 Å². The van der Waals surface area contributed by atoms with Gasteiger partial charge in [0.25, 0.3) is 0 Å². The minimum atomic E-state index is -0.125. The summed E-state index contributed by atoms with van der Waals surface area (Å²) >= 11 is 5.48. The van der Waals surface area contributed by atoms with E-state index in [2.05, 4.69) is 11.8 Å². The molecule has 0 atom stereocenters. The lowest BCUT2D eigenvalue weighted by Gasteiger charge is -1.90. The zero-order valence-electron chi connectivity index (χ0n) is 7.79. The third-order valence-electron chi connectivity index (χ3n) is 1.67. The molecule has 0 spiro atoms. The van der Waals surface area contributed by atoms with Crippen LogP contribution >= 0.6 is 11.6 Å². The van der Waals surface area contributed by atoms with E-state index >= 15 is 0 Å². The average Bonchev–Trinajstić information content (AvgIpc) is 2.25. The molecule has 1 nitrogen and oxygen atoms in total. The fourth-order valence-electron chi connectivity index (χ4n) is 0.960. The van der Waals surface area contributed by atoms with Gasteiger partial charge in [-0.2, -0.15) is 0 Å². The highest BCUT2D eigenvalue weighted by Gasteiger charge is 1.98. The van der Waals surface area contributed by atoms with Gasteiger partial charge in [0, 0.05) is 17.9 Å². The molecule has 0 aliphatic carbocycles. The van der Waals surface area contributed by atoms with Crippen LogP contribution in [0.15, 0.2) is 30.3 Å². The van der Waals surface area contributed by atoms with Crippen LogP contribution in [0.3, 0.4) is 0 Å². The van der Waals surface area contributed by atoms with Gasteiger partial charge in [-0.05, 0) is 12.3 Å². The summed E-state index contributed by atoms with van der Waals surface area (Å²) in [5.74, 6) is 5.85. The minimum Gasteiger partial charge on any atom is -0.279 e. The Morgan fingerprint density at radius 3 is 2.64 bits per heavy atom. The summed E-state index contributed by atoms with van der Waals surface area (Å²) in [5, 5.41) is 0. The summed E-state index contributed by atoms with van der Waals surface area (Å²) in [5.41, 5.74) is 0.644. The Morgan fingerprint density at radius 1 is 1.29 bits per heavy atom. The zero-order valence-corrected chi connectivity index (χ0v) is 8.55. The predicted molar refractivity (Wildman–Crippen MR) is 58.5 cm³/mol. The highest BCUT2D eigenvalue weighted by molar-refractivity contribution is 6.17. The number of Topliss-reactive ketones (excluding diaryl/α,β-unsaturated/α-hetero) is 1. The van der Waals surface area contributed by atoms with E-state index < -0.39 is 0 Å². The standard InChI is InChI=1S/C12H11ClO/c13-10-6-2-5-9-12(14)11-7-3-1-4-8-11/h1,3-4,7-8H,2,6,10H2. The van der Waals surface area contributed by atoms with E-state index in [1.807, 2.05) is 18.2 Å². The number of alkyl halides is 1. The van der Waals surface area contributed by atoms with Gasteiger partial charge in [-0.1, -0.05) is 36.3 Å². The lowest BCUT2D eigenvalue weighted by atomic mass is 10.1. The molecule has 0 aliphatic rings. The number of benzene rings is 1. The van der Waals surface area contributed by atoms with Crippen LogP contribution in [0.4, 0.5) is 0 Å². The fourth-order valence-corrected chi connectivity index (χ4v) is 1.09. The van der Waals surface area contributed by atoms with Crippen molar-refractivity contribution in [3.8, 4) is 11.8 Å². The normalized spacial score (nSPS) is 8.93. The van der Waals surface area contributed by atoms with Crippen molar-refractivity contribution >= 4 is 17.4 Å². The first-order valence-electron chi connectivity index (χ1n) is 4.49. The molecule has 1 aromatic carbocycles. The van der Waals surface area contributed by atoms with Crippen molar-refractivity contribution in [2.75, 3.05) is 5.88 Å². The van der Waals surface area contributed by atoms with Crippen molar-refractivity contribution in [2.24, 2.45) is 0 Å². The van der Waals surface area contributed by atoms with Gasteiger partial charge in [0.1, 0.15) is 0 Å². The van der Waals surface area contributed by atoms with Gasteiger partial charge in [0.2, 0.25) is 5.78 Å². The predicted octanol–water partition coefficient (Wildman–Crippen LogP) is 2.89. The van der Waals surface area contributed by atoms with Crippen LogP contribution in [0.2, 0.25) is 0 Å². The van der Waals surface area contributed by atoms with Gasteiger partial charge >= 0.3 is 0 Å². The monoisotopic (exact) mass is 206 g/mol. The summed E-state index contributed by atoms with van der Waals surface area (Å²) in [6.45, 7) is 0. The number of hydrogen-bond acceptors (Lipinski definition) is 1. The van der Waals surface area contributed by atoms with Crippen LogP contribution in [0, 0.1) is 11.8 Å². The van der Waals surface area contributed by atoms with Crippen LogP contribution in [0.25, 0.3) is 0 Å². The lowest BCUT2D eigenvalue weighted by Crippen LogP contribution is -1.93. The summed E-state index contributed by atoms with van der Waals surface area (Å²) in [4.78, 5) is 11.4. The van der Waals surface area contributed by atoms with Gasteiger partial charge in [-0.15, -0.1) is 11.6 Å². The maximum atomic E-state index is 11.4. The molecule has 0 aliphatic heterocycles.